The van der Waals surface area contributed by atoms with Crippen molar-refractivity contribution in [2.75, 3.05) is 0 Å². The molecule has 3 N–H and O–H groups in total. The lowest BCUT2D eigenvalue weighted by atomic mass is 10.1. The van der Waals surface area contributed by atoms with E-state index in [4.69, 9.17) is 0 Å². The van der Waals surface area contributed by atoms with Crippen LogP contribution in [0.1, 0.15) is 0 Å². The van der Waals surface area contributed by atoms with Gasteiger partial charge in [0, 0.05) is 10.8 Å². The largest absolute Gasteiger partial charge is 0.503 e. The topological polar surface area (TPSA) is 56.2 Å². The zero-order chi connectivity index (χ0) is 10.4. The molecular weight excluding hydrogens is 190 g/mol. The Hall–Kier alpha value is -2.16. The van der Waals surface area contributed by atoms with Crippen molar-refractivity contribution in [1.82, 2.24) is 4.98 Å². The van der Waals surface area contributed by atoms with Crippen molar-refractivity contribution < 1.29 is 10.2 Å². The predicted octanol–water partition coefficient (Wildman–Crippen LogP) is 2.73. The van der Waals surface area contributed by atoms with Crippen LogP contribution in [0.3, 0.4) is 0 Å². The van der Waals surface area contributed by atoms with Crippen molar-refractivity contribution in [1.29, 1.82) is 0 Å². The van der Waals surface area contributed by atoms with Gasteiger partial charge in [-0.3, -0.25) is 0 Å². The van der Waals surface area contributed by atoms with Gasteiger partial charge in [0.25, 0.3) is 0 Å². The van der Waals surface area contributed by atoms with E-state index in [2.05, 4.69) is 4.98 Å². The van der Waals surface area contributed by atoms with Crippen molar-refractivity contribution in [3.63, 3.8) is 0 Å². The van der Waals surface area contributed by atoms with Gasteiger partial charge in [0.15, 0.2) is 5.75 Å². The van der Waals surface area contributed by atoms with Crippen LogP contribution in [0, 0.1) is 0 Å². The molecule has 3 aromatic rings. The average molecular weight is 199 g/mol. The summed E-state index contributed by atoms with van der Waals surface area (Å²) < 4.78 is 0. The molecule has 0 aliphatic carbocycles. The molecule has 3 heteroatoms. The van der Waals surface area contributed by atoms with Gasteiger partial charge in [0.1, 0.15) is 0 Å². The number of benzene rings is 2. The molecule has 0 bridgehead atoms. The minimum Gasteiger partial charge on any atom is -0.503 e. The van der Waals surface area contributed by atoms with Gasteiger partial charge in [-0.2, -0.15) is 0 Å². The standard InChI is InChI=1S/C12H9NO2/c14-11-9-6-5-7-3-1-2-4-8(7)10(9)13-12(11)15/h1-6,13-15H. The Balaban J connectivity index is 2.60. The minimum absolute atomic E-state index is 0.0873. The van der Waals surface area contributed by atoms with Gasteiger partial charge in [0.2, 0.25) is 5.88 Å². The summed E-state index contributed by atoms with van der Waals surface area (Å²) in [5.74, 6) is -0.267. The lowest BCUT2D eigenvalue weighted by molar-refractivity contribution is 0.398. The maximum Gasteiger partial charge on any atom is 0.233 e. The maximum absolute atomic E-state index is 9.58. The van der Waals surface area contributed by atoms with Crippen LogP contribution >= 0.6 is 0 Å². The molecule has 0 saturated carbocycles. The Morgan fingerprint density at radius 3 is 2.53 bits per heavy atom. The average Bonchev–Trinajstić information content (AvgIpc) is 2.56. The SMILES string of the molecule is Oc1[nH]c2c(ccc3ccccc32)c1O. The second kappa shape index (κ2) is 2.67. The highest BCUT2D eigenvalue weighted by Gasteiger charge is 2.10. The van der Waals surface area contributed by atoms with Crippen molar-refractivity contribution in [3.8, 4) is 11.6 Å². The molecule has 0 aliphatic rings. The smallest absolute Gasteiger partial charge is 0.233 e. The molecule has 3 rings (SSSR count). The van der Waals surface area contributed by atoms with E-state index in [-0.39, 0.29) is 11.6 Å². The van der Waals surface area contributed by atoms with E-state index in [1.54, 1.807) is 6.07 Å². The lowest BCUT2D eigenvalue weighted by Crippen LogP contribution is -1.74. The quantitative estimate of drug-likeness (QED) is 0.521. The number of hydrogen-bond acceptors (Lipinski definition) is 2. The summed E-state index contributed by atoms with van der Waals surface area (Å²) in [5, 5.41) is 21.7. The van der Waals surface area contributed by atoms with Crippen LogP contribution in [0.4, 0.5) is 0 Å². The van der Waals surface area contributed by atoms with Gasteiger partial charge >= 0.3 is 0 Å². The molecule has 2 aromatic carbocycles. The number of rotatable bonds is 0. The normalized spacial score (nSPS) is 11.2. The second-order valence-electron chi connectivity index (χ2n) is 3.53. The fourth-order valence-corrected chi connectivity index (χ4v) is 1.91. The molecule has 15 heavy (non-hydrogen) atoms. The molecule has 0 fully saturated rings. The fraction of sp³-hybridized carbons (Fsp3) is 0. The van der Waals surface area contributed by atoms with Crippen molar-refractivity contribution in [2.24, 2.45) is 0 Å². The van der Waals surface area contributed by atoms with Gasteiger partial charge in [0.05, 0.1) is 5.52 Å². The molecule has 3 nitrogen and oxygen atoms in total. The molecule has 1 aromatic heterocycles. The maximum atomic E-state index is 9.58. The summed E-state index contributed by atoms with van der Waals surface area (Å²) in [6.07, 6.45) is 0. The summed E-state index contributed by atoms with van der Waals surface area (Å²) in [6, 6.07) is 11.5. The Morgan fingerprint density at radius 1 is 0.867 bits per heavy atom. The van der Waals surface area contributed by atoms with Crippen molar-refractivity contribution in [2.45, 2.75) is 0 Å². The van der Waals surface area contributed by atoms with Gasteiger partial charge < -0.3 is 15.2 Å². The molecule has 1 heterocycles. The summed E-state index contributed by atoms with van der Waals surface area (Å²) in [6.45, 7) is 0. The van der Waals surface area contributed by atoms with Crippen LogP contribution in [-0.4, -0.2) is 15.2 Å². The first kappa shape index (κ1) is 8.17. The van der Waals surface area contributed by atoms with Crippen molar-refractivity contribution in [3.05, 3.63) is 36.4 Å². The summed E-state index contributed by atoms with van der Waals surface area (Å²) in [4.78, 5) is 2.78. The van der Waals surface area contributed by atoms with Crippen LogP contribution < -0.4 is 0 Å². The first-order chi connectivity index (χ1) is 7.27. The van der Waals surface area contributed by atoms with Crippen LogP contribution in [-0.2, 0) is 0 Å². The molecular formula is C12H9NO2. The zero-order valence-electron chi connectivity index (χ0n) is 7.86. The fourth-order valence-electron chi connectivity index (χ4n) is 1.91. The molecule has 0 saturated heterocycles. The molecule has 74 valence electrons. The van der Waals surface area contributed by atoms with E-state index >= 15 is 0 Å². The first-order valence-electron chi connectivity index (χ1n) is 4.69. The highest BCUT2D eigenvalue weighted by molar-refractivity contribution is 6.08. The monoisotopic (exact) mass is 199 g/mol. The number of aromatic amines is 1. The molecule has 0 radical (unpaired) electrons. The molecule has 0 atom stereocenters. The third-order valence-electron chi connectivity index (χ3n) is 2.65. The van der Waals surface area contributed by atoms with Gasteiger partial charge in [-0.15, -0.1) is 0 Å². The third-order valence-corrected chi connectivity index (χ3v) is 2.65. The highest BCUT2D eigenvalue weighted by atomic mass is 16.3. The number of aromatic nitrogens is 1. The molecule has 0 aliphatic heterocycles. The van der Waals surface area contributed by atoms with Gasteiger partial charge in [-0.05, 0) is 11.5 Å². The Labute approximate surface area is 85.6 Å². The Kier molecular flexibility index (Phi) is 1.45. The first-order valence-corrected chi connectivity index (χ1v) is 4.69. The summed E-state index contributed by atoms with van der Waals surface area (Å²) in [5.41, 5.74) is 0.767. The van der Waals surface area contributed by atoms with Crippen LogP contribution in [0.2, 0.25) is 0 Å². The van der Waals surface area contributed by atoms with E-state index in [1.165, 1.54) is 0 Å². The van der Waals surface area contributed by atoms with Crippen LogP contribution in [0.5, 0.6) is 11.6 Å². The molecule has 0 amide bonds. The number of aromatic hydroxyl groups is 2. The lowest BCUT2D eigenvalue weighted by Gasteiger charge is -1.98. The number of H-pyrrole nitrogens is 1. The summed E-state index contributed by atoms with van der Waals surface area (Å²) in [7, 11) is 0. The van der Waals surface area contributed by atoms with E-state index in [9.17, 15) is 10.2 Å². The number of fused-ring (bicyclic) bond motifs is 3. The number of nitrogens with one attached hydrogen (secondary N) is 1. The summed E-state index contributed by atoms with van der Waals surface area (Å²) >= 11 is 0. The van der Waals surface area contributed by atoms with Crippen LogP contribution in [0.25, 0.3) is 21.7 Å². The van der Waals surface area contributed by atoms with E-state index in [0.29, 0.717) is 5.39 Å². The third kappa shape index (κ3) is 1.00. The second-order valence-corrected chi connectivity index (χ2v) is 3.53. The zero-order valence-corrected chi connectivity index (χ0v) is 7.86. The Bertz CT molecular complexity index is 655. The predicted molar refractivity (Wildman–Crippen MR) is 59.1 cm³/mol. The molecule has 0 unspecified atom stereocenters. The van der Waals surface area contributed by atoms with E-state index < -0.39 is 0 Å². The highest BCUT2D eigenvalue weighted by Crippen LogP contribution is 2.36. The van der Waals surface area contributed by atoms with Gasteiger partial charge in [-0.25, -0.2) is 0 Å². The van der Waals surface area contributed by atoms with Crippen LogP contribution in [0.15, 0.2) is 36.4 Å². The Morgan fingerprint density at radius 2 is 1.67 bits per heavy atom. The van der Waals surface area contributed by atoms with E-state index in [0.717, 1.165) is 16.3 Å². The minimum atomic E-state index is -0.179. The number of hydrogen-bond donors (Lipinski definition) is 3. The van der Waals surface area contributed by atoms with E-state index in [1.807, 2.05) is 30.3 Å². The molecule has 0 spiro atoms. The van der Waals surface area contributed by atoms with Crippen molar-refractivity contribution >= 4 is 21.7 Å². The van der Waals surface area contributed by atoms with Gasteiger partial charge in [-0.1, -0.05) is 30.3 Å².